The molecule has 0 aliphatic carbocycles. The number of hydrogen-bond acceptors (Lipinski definition) is 4. The van der Waals surface area contributed by atoms with Gasteiger partial charge < -0.3 is 9.79 Å². The van der Waals surface area contributed by atoms with Crippen LogP contribution >= 0.6 is 7.82 Å². The lowest BCUT2D eigenvalue weighted by atomic mass is 10.5. The Morgan fingerprint density at radius 2 is 1.92 bits per heavy atom. The molecule has 0 amide bonds. The molecule has 5 nitrogen and oxygen atoms in total. The summed E-state index contributed by atoms with van der Waals surface area (Å²) in [5.41, 5.74) is 0. The average Bonchev–Trinajstić information content (AvgIpc) is 2.12. The summed E-state index contributed by atoms with van der Waals surface area (Å²) in [6.45, 7) is 6.71. The molecule has 0 aliphatic rings. The van der Waals surface area contributed by atoms with Crippen molar-refractivity contribution in [3.05, 3.63) is 0 Å². The van der Waals surface area contributed by atoms with Crippen molar-refractivity contribution >= 4 is 7.82 Å². The van der Waals surface area contributed by atoms with E-state index in [1.54, 1.807) is 0 Å². The molecule has 0 aromatic carbocycles. The third kappa shape index (κ3) is 6.18. The van der Waals surface area contributed by atoms with Gasteiger partial charge in [0.15, 0.2) is 0 Å². The molecule has 1 N–H and O–H groups in total. The van der Waals surface area contributed by atoms with Crippen molar-refractivity contribution in [3.8, 4) is 0 Å². The molecule has 6 heteroatoms. The lowest BCUT2D eigenvalue weighted by Crippen LogP contribution is -2.26. The van der Waals surface area contributed by atoms with Crippen molar-refractivity contribution in [2.24, 2.45) is 0 Å². The van der Waals surface area contributed by atoms with Gasteiger partial charge in [0.25, 0.3) is 0 Å². The first-order valence-corrected chi connectivity index (χ1v) is 5.80. The molecule has 0 aromatic rings. The van der Waals surface area contributed by atoms with Crippen LogP contribution in [-0.4, -0.2) is 43.1 Å². The molecule has 13 heavy (non-hydrogen) atoms. The van der Waals surface area contributed by atoms with Crippen LogP contribution in [0.25, 0.3) is 0 Å². The van der Waals surface area contributed by atoms with E-state index in [0.29, 0.717) is 6.54 Å². The second-order valence-corrected chi connectivity index (χ2v) is 4.07. The number of rotatable bonds is 7. The summed E-state index contributed by atoms with van der Waals surface area (Å²) in [6, 6.07) is 0. The summed E-state index contributed by atoms with van der Waals surface area (Å²) in [4.78, 5) is 11.0. The average molecular weight is 211 g/mol. The van der Waals surface area contributed by atoms with Gasteiger partial charge in [-0.05, 0) is 13.1 Å². The van der Waals surface area contributed by atoms with Crippen LogP contribution in [0.5, 0.6) is 0 Å². The minimum Gasteiger partial charge on any atom is -0.303 e. The number of phosphoric acid groups is 1. The van der Waals surface area contributed by atoms with E-state index in [0.717, 1.165) is 20.2 Å². The second-order valence-electron chi connectivity index (χ2n) is 2.51. The highest BCUT2D eigenvalue weighted by atomic mass is 31.2. The van der Waals surface area contributed by atoms with Crippen LogP contribution in [0.15, 0.2) is 0 Å². The first kappa shape index (κ1) is 13.1. The monoisotopic (exact) mass is 211 g/mol. The normalized spacial score (nSPS) is 16.1. The fraction of sp³-hybridized carbons (Fsp3) is 1.00. The maximum absolute atomic E-state index is 10.8. The van der Waals surface area contributed by atoms with Crippen LogP contribution in [-0.2, 0) is 13.6 Å². The van der Waals surface area contributed by atoms with Crippen LogP contribution in [0.3, 0.4) is 0 Å². The van der Waals surface area contributed by atoms with E-state index in [-0.39, 0.29) is 6.61 Å². The Balaban J connectivity index is 3.60. The lowest BCUT2D eigenvalue weighted by molar-refractivity contribution is 0.151. The van der Waals surface area contributed by atoms with E-state index in [1.807, 2.05) is 13.8 Å². The Bertz CT molecular complexity index is 172. The molecule has 1 atom stereocenters. The molecule has 0 aliphatic heterocycles. The third-order valence-electron chi connectivity index (χ3n) is 1.79. The highest BCUT2D eigenvalue weighted by Gasteiger charge is 2.17. The molecular formula is C7H18NO4P. The lowest BCUT2D eigenvalue weighted by Gasteiger charge is -2.18. The van der Waals surface area contributed by atoms with Gasteiger partial charge in [-0.25, -0.2) is 4.57 Å². The van der Waals surface area contributed by atoms with Crippen molar-refractivity contribution in [2.45, 2.75) is 13.8 Å². The molecular weight excluding hydrogens is 193 g/mol. The van der Waals surface area contributed by atoms with Gasteiger partial charge in [-0.15, -0.1) is 0 Å². The number of hydrogen-bond donors (Lipinski definition) is 1. The van der Waals surface area contributed by atoms with Gasteiger partial charge in [-0.3, -0.25) is 9.05 Å². The van der Waals surface area contributed by atoms with Crippen LogP contribution in [0.4, 0.5) is 0 Å². The van der Waals surface area contributed by atoms with Gasteiger partial charge in [0, 0.05) is 13.7 Å². The number of likely N-dealkylation sites (N-methyl/N-ethyl adjacent to an activating group) is 1. The van der Waals surface area contributed by atoms with E-state index in [2.05, 4.69) is 13.9 Å². The van der Waals surface area contributed by atoms with Crippen LogP contribution in [0.2, 0.25) is 0 Å². The third-order valence-corrected chi connectivity index (χ3v) is 2.76. The van der Waals surface area contributed by atoms with Crippen molar-refractivity contribution < 1.29 is 18.5 Å². The number of nitrogens with zero attached hydrogens (tertiary/aromatic N) is 1. The zero-order valence-corrected chi connectivity index (χ0v) is 9.29. The maximum Gasteiger partial charge on any atom is 0.471 e. The smallest absolute Gasteiger partial charge is 0.303 e. The fourth-order valence-corrected chi connectivity index (χ4v) is 1.30. The van der Waals surface area contributed by atoms with Crippen molar-refractivity contribution in [3.63, 3.8) is 0 Å². The maximum atomic E-state index is 10.8. The van der Waals surface area contributed by atoms with Crippen LogP contribution < -0.4 is 0 Å². The highest BCUT2D eigenvalue weighted by molar-refractivity contribution is 7.47. The fourth-order valence-electron chi connectivity index (χ4n) is 0.878. The van der Waals surface area contributed by atoms with E-state index in [4.69, 9.17) is 4.89 Å². The van der Waals surface area contributed by atoms with Gasteiger partial charge in [0.2, 0.25) is 0 Å². The van der Waals surface area contributed by atoms with Crippen LogP contribution in [0.1, 0.15) is 13.8 Å². The van der Waals surface area contributed by atoms with E-state index in [1.165, 1.54) is 0 Å². The van der Waals surface area contributed by atoms with Gasteiger partial charge in [-0.1, -0.05) is 13.8 Å². The number of phosphoric ester groups is 1. The molecule has 0 heterocycles. The Hall–Kier alpha value is 0.0700. The zero-order chi connectivity index (χ0) is 10.3. The SMILES string of the molecule is CCN(CC)CCOP(=O)(O)OC. The van der Waals surface area contributed by atoms with E-state index < -0.39 is 7.82 Å². The first-order chi connectivity index (χ1) is 6.05. The van der Waals surface area contributed by atoms with Crippen LogP contribution in [0, 0.1) is 0 Å². The van der Waals surface area contributed by atoms with Gasteiger partial charge >= 0.3 is 7.82 Å². The summed E-state index contributed by atoms with van der Waals surface area (Å²) in [7, 11) is -2.63. The zero-order valence-electron chi connectivity index (χ0n) is 8.39. The van der Waals surface area contributed by atoms with Gasteiger partial charge in [0.05, 0.1) is 6.61 Å². The molecule has 0 bridgehead atoms. The molecule has 0 aromatic heterocycles. The predicted molar refractivity (Wildman–Crippen MR) is 50.6 cm³/mol. The molecule has 0 spiro atoms. The minimum absolute atomic E-state index is 0.212. The highest BCUT2D eigenvalue weighted by Crippen LogP contribution is 2.41. The van der Waals surface area contributed by atoms with E-state index >= 15 is 0 Å². The van der Waals surface area contributed by atoms with Crippen molar-refractivity contribution in [1.29, 1.82) is 0 Å². The topological polar surface area (TPSA) is 59.0 Å². The second kappa shape index (κ2) is 6.51. The van der Waals surface area contributed by atoms with Gasteiger partial charge in [0.1, 0.15) is 0 Å². The standard InChI is InChI=1S/C7H18NO4P/c1-4-8(5-2)6-7-12-13(9,10)11-3/h4-7H2,1-3H3,(H,9,10). The summed E-state index contributed by atoms with van der Waals surface area (Å²) in [6.07, 6.45) is 0. The Kier molecular flexibility index (Phi) is 6.55. The summed E-state index contributed by atoms with van der Waals surface area (Å²) < 4.78 is 19.8. The summed E-state index contributed by atoms with van der Waals surface area (Å²) in [5, 5.41) is 0. The summed E-state index contributed by atoms with van der Waals surface area (Å²) in [5.74, 6) is 0. The van der Waals surface area contributed by atoms with Crippen molar-refractivity contribution in [2.75, 3.05) is 33.4 Å². The largest absolute Gasteiger partial charge is 0.471 e. The molecule has 0 saturated carbocycles. The molecule has 0 radical (unpaired) electrons. The van der Waals surface area contributed by atoms with Gasteiger partial charge in [-0.2, -0.15) is 0 Å². The quantitative estimate of drug-likeness (QED) is 0.639. The first-order valence-electron chi connectivity index (χ1n) is 4.31. The van der Waals surface area contributed by atoms with Crippen molar-refractivity contribution in [1.82, 2.24) is 4.90 Å². The molecule has 0 rings (SSSR count). The Labute approximate surface area is 79.3 Å². The summed E-state index contributed by atoms with van der Waals surface area (Å²) >= 11 is 0. The Morgan fingerprint density at radius 1 is 1.38 bits per heavy atom. The minimum atomic E-state index is -3.78. The van der Waals surface area contributed by atoms with E-state index in [9.17, 15) is 4.57 Å². The molecule has 0 saturated heterocycles. The predicted octanol–water partition coefficient (Wildman–Crippen LogP) is 1.09. The molecule has 80 valence electrons. The molecule has 0 fully saturated rings. The molecule has 1 unspecified atom stereocenters. The Morgan fingerprint density at radius 3 is 2.31 bits per heavy atom.